The third-order valence-corrected chi connectivity index (χ3v) is 6.63. The number of ether oxygens (including phenoxy) is 2. The molecule has 0 radical (unpaired) electrons. The van der Waals surface area contributed by atoms with E-state index < -0.39 is 17.9 Å². The number of esters is 1. The van der Waals surface area contributed by atoms with Crippen LogP contribution in [-0.4, -0.2) is 25.1 Å². The Balaban J connectivity index is 1.72. The first-order valence-electron chi connectivity index (χ1n) is 12.3. The molecule has 7 heteroatoms. The summed E-state index contributed by atoms with van der Waals surface area (Å²) in [5, 5.41) is 0.431. The Morgan fingerprint density at radius 2 is 1.68 bits per heavy atom. The molecule has 4 aromatic rings. The van der Waals surface area contributed by atoms with Gasteiger partial charge in [-0.3, -0.25) is 14.5 Å². The van der Waals surface area contributed by atoms with Gasteiger partial charge in [-0.1, -0.05) is 12.1 Å². The SMILES string of the molecule is CCOC(=O)c1ccc(N2C(=O)c3oc4cc(C)c(C)cc4c(=O)c3C2c2cccc(OCC)c2)cc1. The Kier molecular flexibility index (Phi) is 6.29. The van der Waals surface area contributed by atoms with Gasteiger partial charge in [0.25, 0.3) is 5.91 Å². The number of amides is 1. The van der Waals surface area contributed by atoms with Crippen molar-refractivity contribution in [1.29, 1.82) is 0 Å². The van der Waals surface area contributed by atoms with E-state index in [-0.39, 0.29) is 23.4 Å². The summed E-state index contributed by atoms with van der Waals surface area (Å²) in [7, 11) is 0. The lowest BCUT2D eigenvalue weighted by Gasteiger charge is -2.25. The Bertz CT molecular complexity index is 1580. The molecule has 1 aliphatic rings. The van der Waals surface area contributed by atoms with Crippen molar-refractivity contribution in [2.75, 3.05) is 18.1 Å². The molecule has 0 spiro atoms. The van der Waals surface area contributed by atoms with Gasteiger partial charge in [0.1, 0.15) is 11.3 Å². The normalized spacial score (nSPS) is 14.6. The van der Waals surface area contributed by atoms with E-state index in [9.17, 15) is 14.4 Å². The molecule has 3 aromatic carbocycles. The predicted octanol–water partition coefficient (Wildman–Crippen LogP) is 5.74. The number of hydrogen-bond acceptors (Lipinski definition) is 6. The minimum Gasteiger partial charge on any atom is -0.494 e. The number of anilines is 1. The molecule has 0 N–H and O–H groups in total. The number of rotatable bonds is 6. The number of carbonyl (C=O) groups excluding carboxylic acids is 2. The summed E-state index contributed by atoms with van der Waals surface area (Å²) < 4.78 is 16.9. The van der Waals surface area contributed by atoms with E-state index in [0.29, 0.717) is 40.1 Å². The Morgan fingerprint density at radius 3 is 2.38 bits per heavy atom. The highest BCUT2D eigenvalue weighted by Crippen LogP contribution is 2.42. The van der Waals surface area contributed by atoms with Gasteiger partial charge < -0.3 is 13.9 Å². The van der Waals surface area contributed by atoms with Gasteiger partial charge >= 0.3 is 5.97 Å². The number of benzene rings is 3. The Hall–Kier alpha value is -4.39. The predicted molar refractivity (Wildman–Crippen MR) is 141 cm³/mol. The van der Waals surface area contributed by atoms with E-state index >= 15 is 0 Å². The first-order chi connectivity index (χ1) is 17.8. The first kappa shape index (κ1) is 24.3. The van der Waals surface area contributed by atoms with E-state index in [1.54, 1.807) is 37.3 Å². The summed E-state index contributed by atoms with van der Waals surface area (Å²) in [4.78, 5) is 41.4. The van der Waals surface area contributed by atoms with Gasteiger partial charge in [0.2, 0.25) is 5.76 Å². The number of fused-ring (bicyclic) bond motifs is 2. The van der Waals surface area contributed by atoms with Crippen LogP contribution in [0.4, 0.5) is 5.69 Å². The Morgan fingerprint density at radius 1 is 0.946 bits per heavy atom. The number of aryl methyl sites for hydroxylation is 2. The highest BCUT2D eigenvalue weighted by Gasteiger charge is 2.43. The van der Waals surface area contributed by atoms with Crippen LogP contribution in [0.2, 0.25) is 0 Å². The molecule has 2 heterocycles. The van der Waals surface area contributed by atoms with Crippen LogP contribution in [0.25, 0.3) is 11.0 Å². The molecule has 1 aliphatic heterocycles. The van der Waals surface area contributed by atoms with Crippen molar-refractivity contribution in [1.82, 2.24) is 0 Å². The fourth-order valence-electron chi connectivity index (χ4n) is 4.72. The molecule has 0 aliphatic carbocycles. The van der Waals surface area contributed by atoms with Crippen LogP contribution in [0.5, 0.6) is 5.75 Å². The van der Waals surface area contributed by atoms with Crippen molar-refractivity contribution in [3.05, 3.63) is 104 Å². The van der Waals surface area contributed by atoms with Gasteiger partial charge in [0, 0.05) is 5.69 Å². The smallest absolute Gasteiger partial charge is 0.338 e. The zero-order chi connectivity index (χ0) is 26.3. The average Bonchev–Trinajstić information content (AvgIpc) is 3.18. The van der Waals surface area contributed by atoms with Crippen LogP contribution in [0, 0.1) is 13.8 Å². The second-order valence-corrected chi connectivity index (χ2v) is 8.96. The summed E-state index contributed by atoms with van der Waals surface area (Å²) >= 11 is 0. The monoisotopic (exact) mass is 497 g/mol. The lowest BCUT2D eigenvalue weighted by Crippen LogP contribution is -2.29. The maximum atomic E-state index is 13.9. The van der Waals surface area contributed by atoms with E-state index in [0.717, 1.165) is 11.1 Å². The molecule has 1 atom stereocenters. The van der Waals surface area contributed by atoms with Gasteiger partial charge in [-0.25, -0.2) is 4.79 Å². The maximum Gasteiger partial charge on any atom is 0.338 e. The topological polar surface area (TPSA) is 86.0 Å². The molecule has 0 saturated carbocycles. The van der Waals surface area contributed by atoms with Gasteiger partial charge in [0.15, 0.2) is 5.43 Å². The van der Waals surface area contributed by atoms with E-state index in [2.05, 4.69) is 0 Å². The van der Waals surface area contributed by atoms with Gasteiger partial charge in [-0.15, -0.1) is 0 Å². The minimum absolute atomic E-state index is 0.0158. The molecular formula is C30H27NO6. The maximum absolute atomic E-state index is 13.9. The number of carbonyl (C=O) groups is 2. The molecule has 7 nitrogen and oxygen atoms in total. The lowest BCUT2D eigenvalue weighted by molar-refractivity contribution is 0.0526. The summed E-state index contributed by atoms with van der Waals surface area (Å²) in [6, 6.07) is 16.8. The fraction of sp³-hybridized carbons (Fsp3) is 0.233. The largest absolute Gasteiger partial charge is 0.494 e. The van der Waals surface area contributed by atoms with Gasteiger partial charge in [-0.2, -0.15) is 0 Å². The van der Waals surface area contributed by atoms with Gasteiger partial charge in [-0.05, 0) is 92.9 Å². The molecule has 1 aromatic heterocycles. The standard InChI is InChI=1S/C30H27NO6/c1-5-35-22-9-7-8-20(16-22)26-25-27(32)23-14-17(3)18(4)15-24(23)37-28(25)29(33)31(26)21-12-10-19(11-13-21)30(34)36-6-2/h7-16,26H,5-6H2,1-4H3. The molecular weight excluding hydrogens is 470 g/mol. The molecule has 188 valence electrons. The van der Waals surface area contributed by atoms with E-state index in [4.69, 9.17) is 13.9 Å². The van der Waals surface area contributed by atoms with Crippen LogP contribution < -0.4 is 15.1 Å². The number of hydrogen-bond donors (Lipinski definition) is 0. The van der Waals surface area contributed by atoms with Crippen molar-refractivity contribution in [3.8, 4) is 5.75 Å². The molecule has 0 fully saturated rings. The molecule has 1 amide bonds. The first-order valence-corrected chi connectivity index (χ1v) is 12.3. The third-order valence-electron chi connectivity index (χ3n) is 6.63. The zero-order valence-corrected chi connectivity index (χ0v) is 21.2. The van der Waals surface area contributed by atoms with Crippen molar-refractivity contribution in [3.63, 3.8) is 0 Å². The van der Waals surface area contributed by atoms with Crippen LogP contribution in [0.1, 0.15) is 63.1 Å². The summed E-state index contributed by atoms with van der Waals surface area (Å²) in [5.74, 6) is -0.222. The third kappa shape index (κ3) is 4.16. The van der Waals surface area contributed by atoms with Crippen molar-refractivity contribution in [2.45, 2.75) is 33.7 Å². The Labute approximate surface area is 214 Å². The quantitative estimate of drug-likeness (QED) is 0.316. The van der Waals surface area contributed by atoms with Crippen molar-refractivity contribution >= 4 is 28.5 Å². The second-order valence-electron chi connectivity index (χ2n) is 8.96. The van der Waals surface area contributed by atoms with Crippen LogP contribution in [-0.2, 0) is 4.74 Å². The minimum atomic E-state index is -0.737. The summed E-state index contributed by atoms with van der Waals surface area (Å²) in [5.41, 5.74) is 3.94. The molecule has 0 bridgehead atoms. The van der Waals surface area contributed by atoms with Crippen molar-refractivity contribution < 1.29 is 23.5 Å². The van der Waals surface area contributed by atoms with E-state index in [1.165, 1.54) is 4.90 Å². The summed E-state index contributed by atoms with van der Waals surface area (Å²) in [6.07, 6.45) is 0. The second kappa shape index (κ2) is 9.58. The van der Waals surface area contributed by atoms with E-state index in [1.807, 2.05) is 51.1 Å². The molecule has 5 rings (SSSR count). The number of nitrogens with zero attached hydrogens (tertiary/aromatic N) is 1. The highest BCUT2D eigenvalue weighted by atomic mass is 16.5. The molecule has 0 saturated heterocycles. The van der Waals surface area contributed by atoms with Crippen LogP contribution in [0.3, 0.4) is 0 Å². The van der Waals surface area contributed by atoms with Crippen LogP contribution >= 0.6 is 0 Å². The highest BCUT2D eigenvalue weighted by molar-refractivity contribution is 6.11. The molecule has 1 unspecified atom stereocenters. The molecule has 37 heavy (non-hydrogen) atoms. The zero-order valence-electron chi connectivity index (χ0n) is 21.2. The fourth-order valence-corrected chi connectivity index (χ4v) is 4.72. The van der Waals surface area contributed by atoms with Crippen molar-refractivity contribution in [2.24, 2.45) is 0 Å². The van der Waals surface area contributed by atoms with Crippen LogP contribution in [0.15, 0.2) is 69.9 Å². The lowest BCUT2D eigenvalue weighted by atomic mass is 9.97. The van der Waals surface area contributed by atoms with Gasteiger partial charge in [0.05, 0.1) is 35.8 Å². The average molecular weight is 498 g/mol. The summed E-state index contributed by atoms with van der Waals surface area (Å²) in [6.45, 7) is 8.25.